The van der Waals surface area contributed by atoms with Crippen LogP contribution in [0, 0.1) is 11.3 Å². The Morgan fingerprint density at radius 2 is 1.47 bits per heavy atom. The summed E-state index contributed by atoms with van der Waals surface area (Å²) in [5.74, 6) is 0.165. The van der Waals surface area contributed by atoms with Gasteiger partial charge in [0.05, 0.1) is 23.8 Å². The predicted molar refractivity (Wildman–Crippen MR) is 66.8 cm³/mol. The normalized spacial score (nSPS) is 15.9. The van der Waals surface area contributed by atoms with Crippen molar-refractivity contribution in [3.63, 3.8) is 0 Å². The molecule has 0 radical (unpaired) electrons. The highest BCUT2D eigenvalue weighted by Gasteiger charge is 2.25. The van der Waals surface area contributed by atoms with Crippen LogP contribution in [-0.4, -0.2) is 26.4 Å². The average Bonchev–Trinajstić information content (AvgIpc) is 2.39. The smallest absolute Gasteiger partial charge is 0.0991 e. The molecule has 1 rings (SSSR count). The van der Waals surface area contributed by atoms with Gasteiger partial charge in [0.2, 0.25) is 0 Å². The maximum atomic E-state index is 8.78. The van der Waals surface area contributed by atoms with Gasteiger partial charge in [-0.3, -0.25) is 0 Å². The maximum Gasteiger partial charge on any atom is 0.0991 e. The first-order valence-electron chi connectivity index (χ1n) is 5.69. The zero-order valence-corrected chi connectivity index (χ0v) is 10.8. The van der Waals surface area contributed by atoms with Gasteiger partial charge >= 0.3 is 0 Å². The van der Waals surface area contributed by atoms with Gasteiger partial charge in [0, 0.05) is 20.1 Å². The lowest BCUT2D eigenvalue weighted by molar-refractivity contribution is 0.0167. The van der Waals surface area contributed by atoms with Crippen LogP contribution < -0.4 is 0 Å². The van der Waals surface area contributed by atoms with Crippen molar-refractivity contribution in [2.45, 2.75) is 32.0 Å². The summed E-state index contributed by atoms with van der Waals surface area (Å²) in [5.41, 5.74) is 1.80. The summed E-state index contributed by atoms with van der Waals surface area (Å²) in [4.78, 5) is 0. The highest BCUT2D eigenvalue weighted by molar-refractivity contribution is 5.33. The molecule has 0 fully saturated rings. The SMILES string of the molecule is COC(C)C(c1ccc(C#N)cc1)C(C)OC. The second-order valence-electron chi connectivity index (χ2n) is 4.14. The minimum Gasteiger partial charge on any atom is -0.381 e. The number of benzene rings is 1. The Morgan fingerprint density at radius 3 is 1.82 bits per heavy atom. The van der Waals surface area contributed by atoms with E-state index in [1.54, 1.807) is 14.2 Å². The molecule has 0 heterocycles. The maximum absolute atomic E-state index is 8.78. The van der Waals surface area contributed by atoms with Crippen molar-refractivity contribution in [2.24, 2.45) is 0 Å². The molecular formula is C14H19NO2. The first-order valence-corrected chi connectivity index (χ1v) is 5.69. The van der Waals surface area contributed by atoms with Crippen LogP contribution in [0.5, 0.6) is 0 Å². The highest BCUT2D eigenvalue weighted by Crippen LogP contribution is 2.27. The van der Waals surface area contributed by atoms with E-state index < -0.39 is 0 Å². The van der Waals surface area contributed by atoms with Crippen molar-refractivity contribution >= 4 is 0 Å². The van der Waals surface area contributed by atoms with Crippen LogP contribution in [0.1, 0.15) is 30.9 Å². The molecule has 17 heavy (non-hydrogen) atoms. The number of rotatable bonds is 5. The Balaban J connectivity index is 3.00. The lowest BCUT2D eigenvalue weighted by atomic mass is 9.89. The van der Waals surface area contributed by atoms with Gasteiger partial charge in [-0.05, 0) is 31.5 Å². The van der Waals surface area contributed by atoms with Gasteiger partial charge in [0.1, 0.15) is 0 Å². The van der Waals surface area contributed by atoms with Crippen LogP contribution in [0.15, 0.2) is 24.3 Å². The first kappa shape index (κ1) is 13.7. The van der Waals surface area contributed by atoms with Crippen LogP contribution in [0.2, 0.25) is 0 Å². The quantitative estimate of drug-likeness (QED) is 0.785. The number of nitrogens with zero attached hydrogens (tertiary/aromatic N) is 1. The molecule has 0 bridgehead atoms. The fourth-order valence-electron chi connectivity index (χ4n) is 2.00. The fourth-order valence-corrected chi connectivity index (χ4v) is 2.00. The third kappa shape index (κ3) is 3.29. The predicted octanol–water partition coefficient (Wildman–Crippen LogP) is 2.71. The molecule has 0 saturated carbocycles. The van der Waals surface area contributed by atoms with Crippen molar-refractivity contribution in [3.05, 3.63) is 35.4 Å². The monoisotopic (exact) mass is 233 g/mol. The molecule has 0 aliphatic rings. The third-order valence-electron chi connectivity index (χ3n) is 3.18. The number of nitriles is 1. The topological polar surface area (TPSA) is 42.2 Å². The van der Waals surface area contributed by atoms with Crippen molar-refractivity contribution in [3.8, 4) is 6.07 Å². The van der Waals surface area contributed by atoms with Gasteiger partial charge in [-0.2, -0.15) is 5.26 Å². The fraction of sp³-hybridized carbons (Fsp3) is 0.500. The molecule has 0 amide bonds. The molecule has 3 heteroatoms. The van der Waals surface area contributed by atoms with Crippen LogP contribution in [0.3, 0.4) is 0 Å². The summed E-state index contributed by atoms with van der Waals surface area (Å²) in [6.45, 7) is 4.05. The summed E-state index contributed by atoms with van der Waals surface area (Å²) in [6, 6.07) is 9.70. The van der Waals surface area contributed by atoms with E-state index in [9.17, 15) is 0 Å². The Morgan fingerprint density at radius 1 is 1.00 bits per heavy atom. The summed E-state index contributed by atoms with van der Waals surface area (Å²) >= 11 is 0. The Kier molecular flexibility index (Phi) is 5.14. The van der Waals surface area contributed by atoms with Gasteiger partial charge in [-0.25, -0.2) is 0 Å². The molecule has 0 saturated heterocycles. The Bertz CT molecular complexity index is 370. The molecule has 92 valence electrons. The summed E-state index contributed by atoms with van der Waals surface area (Å²) in [5, 5.41) is 8.78. The lowest BCUT2D eigenvalue weighted by Crippen LogP contribution is -2.28. The van der Waals surface area contributed by atoms with E-state index in [0.29, 0.717) is 5.56 Å². The molecule has 1 aromatic carbocycles. The number of hydrogen-bond donors (Lipinski definition) is 0. The van der Waals surface area contributed by atoms with E-state index in [4.69, 9.17) is 14.7 Å². The Labute approximate surface area is 103 Å². The van der Waals surface area contributed by atoms with E-state index in [1.807, 2.05) is 38.1 Å². The molecule has 2 atom stereocenters. The summed E-state index contributed by atoms with van der Waals surface area (Å²) in [7, 11) is 3.40. The zero-order valence-electron chi connectivity index (χ0n) is 10.8. The van der Waals surface area contributed by atoms with Gasteiger partial charge < -0.3 is 9.47 Å². The molecule has 0 aliphatic heterocycles. The van der Waals surface area contributed by atoms with E-state index in [1.165, 1.54) is 0 Å². The lowest BCUT2D eigenvalue weighted by Gasteiger charge is -2.28. The van der Waals surface area contributed by atoms with Gasteiger partial charge in [0.25, 0.3) is 0 Å². The molecule has 3 nitrogen and oxygen atoms in total. The van der Waals surface area contributed by atoms with Crippen molar-refractivity contribution in [1.82, 2.24) is 0 Å². The van der Waals surface area contributed by atoms with Crippen LogP contribution in [0.4, 0.5) is 0 Å². The van der Waals surface area contributed by atoms with E-state index >= 15 is 0 Å². The number of methoxy groups -OCH3 is 2. The van der Waals surface area contributed by atoms with Gasteiger partial charge in [0.15, 0.2) is 0 Å². The van der Waals surface area contributed by atoms with E-state index in [0.717, 1.165) is 5.56 Å². The van der Waals surface area contributed by atoms with Crippen LogP contribution >= 0.6 is 0 Å². The molecule has 0 aromatic heterocycles. The molecule has 1 aromatic rings. The van der Waals surface area contributed by atoms with Crippen molar-refractivity contribution < 1.29 is 9.47 Å². The second kappa shape index (κ2) is 6.39. The highest BCUT2D eigenvalue weighted by atomic mass is 16.5. The molecule has 0 spiro atoms. The minimum absolute atomic E-state index is 0.0675. The minimum atomic E-state index is 0.0675. The van der Waals surface area contributed by atoms with Crippen LogP contribution in [-0.2, 0) is 9.47 Å². The van der Waals surface area contributed by atoms with Gasteiger partial charge in [-0.1, -0.05) is 12.1 Å². The molecule has 0 aliphatic carbocycles. The average molecular weight is 233 g/mol. The Hall–Kier alpha value is -1.37. The molecular weight excluding hydrogens is 214 g/mol. The number of ether oxygens (including phenoxy) is 2. The van der Waals surface area contributed by atoms with E-state index in [-0.39, 0.29) is 18.1 Å². The zero-order chi connectivity index (χ0) is 12.8. The summed E-state index contributed by atoms with van der Waals surface area (Å²) < 4.78 is 10.8. The first-order chi connectivity index (χ1) is 8.13. The third-order valence-corrected chi connectivity index (χ3v) is 3.18. The van der Waals surface area contributed by atoms with E-state index in [2.05, 4.69) is 6.07 Å². The largest absolute Gasteiger partial charge is 0.381 e. The van der Waals surface area contributed by atoms with Crippen molar-refractivity contribution in [1.29, 1.82) is 5.26 Å². The number of hydrogen-bond acceptors (Lipinski definition) is 3. The second-order valence-corrected chi connectivity index (χ2v) is 4.14. The summed E-state index contributed by atoms with van der Waals surface area (Å²) in [6.07, 6.45) is 0.135. The van der Waals surface area contributed by atoms with Crippen LogP contribution in [0.25, 0.3) is 0 Å². The molecule has 2 unspecified atom stereocenters. The standard InChI is InChI=1S/C14H19NO2/c1-10(16-3)14(11(2)17-4)13-7-5-12(9-15)6-8-13/h5-8,10-11,14H,1-4H3. The van der Waals surface area contributed by atoms with Gasteiger partial charge in [-0.15, -0.1) is 0 Å². The van der Waals surface area contributed by atoms with Crippen molar-refractivity contribution in [2.75, 3.05) is 14.2 Å². The molecule has 0 N–H and O–H groups in total.